The Hall–Kier alpha value is -1.63. The predicted octanol–water partition coefficient (Wildman–Crippen LogP) is 3.34. The molecule has 3 heterocycles. The Morgan fingerprint density at radius 2 is 2.09 bits per heavy atom. The number of hydrogen-bond acceptors (Lipinski definition) is 4. The maximum Gasteiger partial charge on any atom is 0.287 e. The number of carbonyl (C=O) groups excluding carboxylic acids is 1. The summed E-state index contributed by atoms with van der Waals surface area (Å²) in [6.07, 6.45) is 2.59. The number of hydrogen-bond donors (Lipinski definition) is 1. The van der Waals surface area contributed by atoms with Crippen molar-refractivity contribution in [3.63, 3.8) is 0 Å². The van der Waals surface area contributed by atoms with Gasteiger partial charge in [-0.2, -0.15) is 0 Å². The topological polar surface area (TPSA) is 52.5 Å². The number of carbonyl (C=O) groups is 1. The Labute approximate surface area is 133 Å². The molecule has 1 N–H and O–H groups in total. The zero-order valence-electron chi connectivity index (χ0n) is 12.8. The molecule has 1 aliphatic heterocycles. The lowest BCUT2D eigenvalue weighted by Crippen LogP contribution is -2.33. The Morgan fingerprint density at radius 1 is 1.32 bits per heavy atom. The molecular weight excluding hydrogens is 300 g/mol. The fourth-order valence-electron chi connectivity index (χ4n) is 2.67. The van der Waals surface area contributed by atoms with E-state index < -0.39 is 0 Å². The SMILES string of the molecule is Cc1ccc(C)n1-c1ccsc1C(=O)NOC1CCCCO1. The average Bonchev–Trinajstić information content (AvgIpc) is 3.12. The van der Waals surface area contributed by atoms with Gasteiger partial charge in [-0.15, -0.1) is 11.3 Å². The van der Waals surface area contributed by atoms with Crippen molar-refractivity contribution >= 4 is 17.2 Å². The van der Waals surface area contributed by atoms with Crippen LogP contribution in [0.25, 0.3) is 5.69 Å². The van der Waals surface area contributed by atoms with Crippen LogP contribution in [0.15, 0.2) is 23.6 Å². The number of nitrogens with one attached hydrogen (secondary N) is 1. The van der Waals surface area contributed by atoms with Crippen LogP contribution in [-0.4, -0.2) is 23.4 Å². The molecule has 1 fully saturated rings. The monoisotopic (exact) mass is 320 g/mol. The normalized spacial score (nSPS) is 18.4. The molecular formula is C16H20N2O3S. The second kappa shape index (κ2) is 6.64. The second-order valence-corrected chi connectivity index (χ2v) is 6.35. The van der Waals surface area contributed by atoms with Crippen molar-refractivity contribution in [3.05, 3.63) is 39.8 Å². The molecule has 3 rings (SSSR count). The van der Waals surface area contributed by atoms with E-state index in [1.165, 1.54) is 11.3 Å². The summed E-state index contributed by atoms with van der Waals surface area (Å²) in [6, 6.07) is 6.04. The van der Waals surface area contributed by atoms with Gasteiger partial charge in [0.2, 0.25) is 0 Å². The summed E-state index contributed by atoms with van der Waals surface area (Å²) < 4.78 is 7.52. The Bertz CT molecular complexity index is 637. The molecule has 0 radical (unpaired) electrons. The number of amides is 1. The van der Waals surface area contributed by atoms with Gasteiger partial charge in [0.05, 0.1) is 5.69 Å². The van der Waals surface area contributed by atoms with Crippen molar-refractivity contribution in [3.8, 4) is 5.69 Å². The molecule has 5 nitrogen and oxygen atoms in total. The lowest BCUT2D eigenvalue weighted by Gasteiger charge is -2.22. The van der Waals surface area contributed by atoms with Crippen molar-refractivity contribution in [1.29, 1.82) is 0 Å². The van der Waals surface area contributed by atoms with Crippen molar-refractivity contribution in [2.75, 3.05) is 6.61 Å². The number of hydroxylamine groups is 1. The van der Waals surface area contributed by atoms with E-state index in [2.05, 4.69) is 10.0 Å². The zero-order valence-corrected chi connectivity index (χ0v) is 13.6. The Balaban J connectivity index is 1.72. The van der Waals surface area contributed by atoms with Crippen molar-refractivity contribution in [2.45, 2.75) is 39.4 Å². The van der Waals surface area contributed by atoms with Crippen LogP contribution in [0.5, 0.6) is 0 Å². The number of ether oxygens (including phenoxy) is 1. The minimum absolute atomic E-state index is 0.230. The molecule has 1 aliphatic rings. The standard InChI is InChI=1S/C16H20N2O3S/c1-11-6-7-12(2)18(11)13-8-10-22-15(13)16(19)17-21-14-5-3-4-9-20-14/h6-8,10,14H,3-5,9H2,1-2H3,(H,17,19). The van der Waals surface area contributed by atoms with Crippen LogP contribution in [0.3, 0.4) is 0 Å². The summed E-state index contributed by atoms with van der Waals surface area (Å²) >= 11 is 1.41. The molecule has 118 valence electrons. The van der Waals surface area contributed by atoms with Gasteiger partial charge in [0.25, 0.3) is 5.91 Å². The first-order valence-corrected chi connectivity index (χ1v) is 8.35. The lowest BCUT2D eigenvalue weighted by atomic mass is 10.2. The number of aromatic nitrogens is 1. The Kier molecular flexibility index (Phi) is 4.61. The van der Waals surface area contributed by atoms with Crippen LogP contribution < -0.4 is 5.48 Å². The number of nitrogens with zero attached hydrogens (tertiary/aromatic N) is 1. The molecule has 0 saturated carbocycles. The fourth-order valence-corrected chi connectivity index (χ4v) is 3.43. The summed E-state index contributed by atoms with van der Waals surface area (Å²) in [5.74, 6) is -0.230. The molecule has 6 heteroatoms. The third kappa shape index (κ3) is 3.09. The fraction of sp³-hybridized carbons (Fsp3) is 0.438. The smallest absolute Gasteiger partial charge is 0.287 e. The van der Waals surface area contributed by atoms with Crippen LogP contribution in [0.2, 0.25) is 0 Å². The van der Waals surface area contributed by atoms with Crippen LogP contribution >= 0.6 is 11.3 Å². The lowest BCUT2D eigenvalue weighted by molar-refractivity contribution is -0.186. The maximum absolute atomic E-state index is 12.4. The predicted molar refractivity (Wildman–Crippen MR) is 85.3 cm³/mol. The molecule has 0 aliphatic carbocycles. The number of rotatable bonds is 4. The van der Waals surface area contributed by atoms with Gasteiger partial charge in [-0.1, -0.05) is 0 Å². The van der Waals surface area contributed by atoms with E-state index in [0.717, 1.165) is 36.3 Å². The summed E-state index contributed by atoms with van der Waals surface area (Å²) in [6.45, 7) is 4.74. The van der Waals surface area contributed by atoms with Gasteiger partial charge in [-0.25, -0.2) is 10.3 Å². The molecule has 0 aromatic carbocycles. The minimum Gasteiger partial charge on any atom is -0.350 e. The van der Waals surface area contributed by atoms with Crippen LogP contribution in [0, 0.1) is 13.8 Å². The third-order valence-electron chi connectivity index (χ3n) is 3.78. The Morgan fingerprint density at radius 3 is 2.77 bits per heavy atom. The van der Waals surface area contributed by atoms with Gasteiger partial charge in [0.1, 0.15) is 4.88 Å². The first kappa shape index (κ1) is 15.3. The van der Waals surface area contributed by atoms with Crippen molar-refractivity contribution < 1.29 is 14.4 Å². The van der Waals surface area contributed by atoms with Crippen molar-refractivity contribution in [1.82, 2.24) is 10.0 Å². The van der Waals surface area contributed by atoms with E-state index >= 15 is 0 Å². The van der Waals surface area contributed by atoms with Crippen LogP contribution in [-0.2, 0) is 9.57 Å². The molecule has 1 saturated heterocycles. The van der Waals surface area contributed by atoms with E-state index in [4.69, 9.17) is 9.57 Å². The summed E-state index contributed by atoms with van der Waals surface area (Å²) in [5, 5.41) is 1.92. The molecule has 2 aromatic rings. The zero-order chi connectivity index (χ0) is 15.5. The molecule has 1 atom stereocenters. The van der Waals surface area contributed by atoms with Crippen molar-refractivity contribution in [2.24, 2.45) is 0 Å². The number of thiophene rings is 1. The van der Waals surface area contributed by atoms with E-state index in [-0.39, 0.29) is 12.2 Å². The van der Waals surface area contributed by atoms with Gasteiger partial charge in [0, 0.05) is 24.4 Å². The quantitative estimate of drug-likeness (QED) is 0.879. The molecule has 1 amide bonds. The molecule has 22 heavy (non-hydrogen) atoms. The third-order valence-corrected chi connectivity index (χ3v) is 4.69. The average molecular weight is 320 g/mol. The highest BCUT2D eigenvalue weighted by Crippen LogP contribution is 2.25. The van der Waals surface area contributed by atoms with Crippen LogP contribution in [0.4, 0.5) is 0 Å². The molecule has 0 bridgehead atoms. The van der Waals surface area contributed by atoms with Gasteiger partial charge in [-0.05, 0) is 50.3 Å². The largest absolute Gasteiger partial charge is 0.350 e. The highest BCUT2D eigenvalue weighted by Gasteiger charge is 2.20. The highest BCUT2D eigenvalue weighted by molar-refractivity contribution is 7.12. The summed E-state index contributed by atoms with van der Waals surface area (Å²) in [5.41, 5.74) is 5.61. The summed E-state index contributed by atoms with van der Waals surface area (Å²) in [7, 11) is 0. The highest BCUT2D eigenvalue weighted by atomic mass is 32.1. The van der Waals surface area contributed by atoms with Gasteiger partial charge in [0.15, 0.2) is 6.29 Å². The minimum atomic E-state index is -0.337. The summed E-state index contributed by atoms with van der Waals surface area (Å²) in [4.78, 5) is 18.4. The van der Waals surface area contributed by atoms with Gasteiger partial charge < -0.3 is 9.30 Å². The van der Waals surface area contributed by atoms with E-state index in [1.807, 2.05) is 37.4 Å². The van der Waals surface area contributed by atoms with Gasteiger partial charge in [-0.3, -0.25) is 4.79 Å². The molecule has 0 spiro atoms. The first-order chi connectivity index (χ1) is 10.7. The van der Waals surface area contributed by atoms with E-state index in [0.29, 0.717) is 11.5 Å². The van der Waals surface area contributed by atoms with E-state index in [9.17, 15) is 4.79 Å². The van der Waals surface area contributed by atoms with Gasteiger partial charge >= 0.3 is 0 Å². The molecule has 2 aromatic heterocycles. The second-order valence-electron chi connectivity index (χ2n) is 5.43. The van der Waals surface area contributed by atoms with E-state index in [1.54, 1.807) is 0 Å². The maximum atomic E-state index is 12.4. The number of aryl methyl sites for hydroxylation is 2. The molecule has 1 unspecified atom stereocenters. The first-order valence-electron chi connectivity index (χ1n) is 7.47. The van der Waals surface area contributed by atoms with Crippen LogP contribution in [0.1, 0.15) is 40.3 Å².